The maximum absolute atomic E-state index is 15.8. The van der Waals surface area contributed by atoms with E-state index in [-0.39, 0.29) is 49.1 Å². The number of fused-ring (bicyclic) bond motifs is 3. The number of nitrogens with zero attached hydrogens (tertiary/aromatic N) is 7. The molecule has 2 N–H and O–H groups in total. The van der Waals surface area contributed by atoms with E-state index < -0.39 is 52.2 Å². The molecule has 0 unspecified atom stereocenters. The van der Waals surface area contributed by atoms with E-state index in [0.29, 0.717) is 36.6 Å². The van der Waals surface area contributed by atoms with Crippen LogP contribution in [0.1, 0.15) is 82.8 Å². The van der Waals surface area contributed by atoms with Crippen molar-refractivity contribution in [2.45, 2.75) is 76.5 Å². The number of ether oxygens (including phenoxy) is 2. The van der Waals surface area contributed by atoms with E-state index >= 15 is 8.78 Å². The largest absolute Gasteiger partial charge is 0.461 e. The molecule has 52 heavy (non-hydrogen) atoms. The van der Waals surface area contributed by atoms with Crippen LogP contribution in [0.15, 0.2) is 18.2 Å². The first-order valence-corrected chi connectivity index (χ1v) is 17.1. The Balaban J connectivity index is 1.30. The Morgan fingerprint density at radius 3 is 2.69 bits per heavy atom. The average Bonchev–Trinajstić information content (AvgIpc) is 3.66. The van der Waals surface area contributed by atoms with Crippen molar-refractivity contribution >= 4 is 17.4 Å². The van der Waals surface area contributed by atoms with Gasteiger partial charge in [-0.1, -0.05) is 18.1 Å². The number of nitrogen functional groups attached to an aromatic ring is 1. The second-order valence-corrected chi connectivity index (χ2v) is 14.0. The smallest absolute Gasteiger partial charge is 0.418 e. The number of aromatic nitrogens is 4. The van der Waals surface area contributed by atoms with Crippen LogP contribution in [-0.2, 0) is 37.0 Å². The standard InChI is InChI=1S/C36H39F5N8O3/c1-5-8-21-13-23(42)29(37)27(28(21)36(39,40)41)26-14-24-22(18-51-26)32(44-34(43-24)52-19-35-9-6-11-48(35)16-20(2)15-35)47-10-7-12-49-25(17-47)30(38)31(45-49)33(50)46(3)4/h13,26H,2,6-7,9-12,14-19,42H2,1,3-4H3/t26-,35+/m1/s1. The number of rotatable bonds is 6. The van der Waals surface area contributed by atoms with Crippen LogP contribution in [0, 0.1) is 23.5 Å². The van der Waals surface area contributed by atoms with Crippen molar-refractivity contribution in [1.29, 1.82) is 0 Å². The number of hydrogen-bond acceptors (Lipinski definition) is 9. The molecule has 0 aliphatic carbocycles. The SMILES string of the molecule is C=C1CN2CCC[C@@]2(COc2nc3c(c(N4CCCn5nc(C(=O)N(C)C)c(F)c5C4)n2)CO[C@@H](c2c(F)c(N)cc(C#CC)c2C(F)(F)F)C3)C1. The van der Waals surface area contributed by atoms with Crippen molar-refractivity contribution in [3.8, 4) is 17.9 Å². The van der Waals surface area contributed by atoms with E-state index in [4.69, 9.17) is 20.2 Å². The molecule has 4 aliphatic heterocycles. The van der Waals surface area contributed by atoms with Crippen molar-refractivity contribution in [2.24, 2.45) is 0 Å². The molecule has 0 spiro atoms. The molecule has 0 saturated carbocycles. The second kappa shape index (κ2) is 13.3. The monoisotopic (exact) mass is 726 g/mol. The van der Waals surface area contributed by atoms with Gasteiger partial charge in [-0.25, -0.2) is 8.78 Å². The molecule has 0 radical (unpaired) electrons. The Morgan fingerprint density at radius 2 is 1.96 bits per heavy atom. The molecule has 2 saturated heterocycles. The van der Waals surface area contributed by atoms with Crippen LogP contribution in [0.2, 0.25) is 0 Å². The van der Waals surface area contributed by atoms with Crippen LogP contribution in [0.4, 0.5) is 33.5 Å². The molecule has 11 nitrogen and oxygen atoms in total. The third-order valence-corrected chi connectivity index (χ3v) is 10.3. The van der Waals surface area contributed by atoms with Crippen molar-refractivity contribution in [3.63, 3.8) is 0 Å². The Kier molecular flexibility index (Phi) is 9.15. The Hall–Kier alpha value is -4.75. The highest BCUT2D eigenvalue weighted by Crippen LogP contribution is 2.45. The van der Waals surface area contributed by atoms with Crippen LogP contribution in [0.5, 0.6) is 6.01 Å². The van der Waals surface area contributed by atoms with Gasteiger partial charge in [0.1, 0.15) is 12.4 Å². The Labute approximate surface area is 297 Å². The summed E-state index contributed by atoms with van der Waals surface area (Å²) >= 11 is 0. The van der Waals surface area contributed by atoms with Crippen LogP contribution < -0.4 is 15.4 Å². The third-order valence-electron chi connectivity index (χ3n) is 10.3. The lowest BCUT2D eigenvalue weighted by Gasteiger charge is -2.33. The molecule has 2 fully saturated rings. The van der Waals surface area contributed by atoms with Gasteiger partial charge in [0.05, 0.1) is 47.4 Å². The van der Waals surface area contributed by atoms with E-state index in [1.807, 2.05) is 0 Å². The van der Waals surface area contributed by atoms with Gasteiger partial charge < -0.3 is 25.0 Å². The number of carbonyl (C=O) groups excluding carboxylic acids is 1. The molecule has 3 aromatic rings. The third kappa shape index (κ3) is 6.23. The van der Waals surface area contributed by atoms with Gasteiger partial charge in [-0.15, -0.1) is 5.92 Å². The normalized spacial score (nSPS) is 21.6. The summed E-state index contributed by atoms with van der Waals surface area (Å²) < 4.78 is 89.1. The zero-order valence-electron chi connectivity index (χ0n) is 29.2. The van der Waals surface area contributed by atoms with E-state index in [1.165, 1.54) is 30.6 Å². The van der Waals surface area contributed by atoms with Gasteiger partial charge in [-0.05, 0) is 45.2 Å². The molecule has 2 aromatic heterocycles. The summed E-state index contributed by atoms with van der Waals surface area (Å²) in [5, 5.41) is 4.26. The number of alkyl halides is 3. The minimum Gasteiger partial charge on any atom is -0.461 e. The lowest BCUT2D eigenvalue weighted by atomic mass is 9.91. The molecule has 0 bridgehead atoms. The molecule has 6 heterocycles. The second-order valence-electron chi connectivity index (χ2n) is 14.0. The van der Waals surface area contributed by atoms with E-state index in [9.17, 15) is 18.0 Å². The number of nitrogens with two attached hydrogens (primary N) is 1. The van der Waals surface area contributed by atoms with Gasteiger partial charge in [0, 0.05) is 56.8 Å². The first-order valence-electron chi connectivity index (χ1n) is 17.1. The van der Waals surface area contributed by atoms with E-state index in [1.54, 1.807) is 4.90 Å². The first kappa shape index (κ1) is 35.6. The summed E-state index contributed by atoms with van der Waals surface area (Å²) in [6.45, 7) is 7.90. The maximum Gasteiger partial charge on any atom is 0.418 e. The van der Waals surface area contributed by atoms with Crippen LogP contribution in [0.3, 0.4) is 0 Å². The number of amides is 1. The van der Waals surface area contributed by atoms with E-state index in [0.717, 1.165) is 44.0 Å². The number of hydrogen-bond donors (Lipinski definition) is 1. The summed E-state index contributed by atoms with van der Waals surface area (Å²) in [4.78, 5) is 27.6. The van der Waals surface area contributed by atoms with Crippen molar-refractivity contribution in [2.75, 3.05) is 51.0 Å². The van der Waals surface area contributed by atoms with Crippen LogP contribution in [0.25, 0.3) is 0 Å². The van der Waals surface area contributed by atoms with Crippen molar-refractivity contribution in [1.82, 2.24) is 29.5 Å². The zero-order chi connectivity index (χ0) is 37.1. The lowest BCUT2D eigenvalue weighted by Crippen LogP contribution is -2.43. The Morgan fingerprint density at radius 1 is 1.17 bits per heavy atom. The predicted octanol–water partition coefficient (Wildman–Crippen LogP) is 5.02. The maximum atomic E-state index is 15.8. The highest BCUT2D eigenvalue weighted by molar-refractivity contribution is 5.92. The molecular weight excluding hydrogens is 687 g/mol. The molecule has 276 valence electrons. The van der Waals surface area contributed by atoms with Gasteiger partial charge in [0.15, 0.2) is 17.3 Å². The lowest BCUT2D eigenvalue weighted by molar-refractivity contribution is -0.140. The van der Waals surface area contributed by atoms with Gasteiger partial charge >= 0.3 is 12.2 Å². The molecule has 16 heteroatoms. The highest BCUT2D eigenvalue weighted by Gasteiger charge is 2.47. The van der Waals surface area contributed by atoms with Crippen LogP contribution >= 0.6 is 0 Å². The summed E-state index contributed by atoms with van der Waals surface area (Å²) in [7, 11) is 3.02. The highest BCUT2D eigenvalue weighted by atomic mass is 19.4. The minimum absolute atomic E-state index is 0.0172. The average molecular weight is 727 g/mol. The molecule has 2 atom stereocenters. The van der Waals surface area contributed by atoms with Gasteiger partial charge in [0.2, 0.25) is 0 Å². The molecule has 7 rings (SSSR count). The summed E-state index contributed by atoms with van der Waals surface area (Å²) in [6, 6.07) is 0.863. The van der Waals surface area contributed by atoms with Crippen molar-refractivity contribution < 1.29 is 36.2 Å². The molecule has 1 amide bonds. The van der Waals surface area contributed by atoms with Crippen molar-refractivity contribution in [3.05, 3.63) is 69.2 Å². The fourth-order valence-electron chi connectivity index (χ4n) is 7.94. The topological polar surface area (TPSA) is 115 Å². The number of anilines is 2. The van der Waals surface area contributed by atoms with Gasteiger partial charge in [-0.3, -0.25) is 14.4 Å². The van der Waals surface area contributed by atoms with E-state index in [2.05, 4.69) is 33.4 Å². The number of aryl methyl sites for hydroxylation is 1. The number of benzene rings is 1. The molecule has 4 aliphatic rings. The summed E-state index contributed by atoms with van der Waals surface area (Å²) in [6.07, 6.45) is -3.52. The molecule has 1 aromatic carbocycles. The zero-order valence-corrected chi connectivity index (χ0v) is 29.2. The fourth-order valence-corrected chi connectivity index (χ4v) is 7.94. The summed E-state index contributed by atoms with van der Waals surface area (Å²) in [5.74, 6) is 2.64. The fraction of sp³-hybridized carbons (Fsp3) is 0.500. The molecular formula is C36H39F5N8O3. The number of halogens is 5. The minimum atomic E-state index is -4.97. The van der Waals surface area contributed by atoms with Gasteiger partial charge in [-0.2, -0.15) is 28.2 Å². The quantitative estimate of drug-likeness (QED) is 0.162. The summed E-state index contributed by atoms with van der Waals surface area (Å²) in [5.41, 5.74) is 4.37. The van der Waals surface area contributed by atoms with Crippen LogP contribution in [-0.4, -0.2) is 81.3 Å². The number of carbonyl (C=O) groups is 1. The first-order chi connectivity index (χ1) is 24.7. The van der Waals surface area contributed by atoms with Gasteiger partial charge in [0.25, 0.3) is 5.91 Å². The predicted molar refractivity (Wildman–Crippen MR) is 180 cm³/mol. The Bertz CT molecular complexity index is 2020.